The van der Waals surface area contributed by atoms with Crippen LogP contribution in [-0.2, 0) is 9.53 Å². The Morgan fingerprint density at radius 1 is 1.44 bits per heavy atom. The van der Waals surface area contributed by atoms with Gasteiger partial charge in [0.2, 0.25) is 5.91 Å². The van der Waals surface area contributed by atoms with Crippen molar-refractivity contribution in [3.63, 3.8) is 0 Å². The Bertz CT molecular complexity index is 421. The number of morpholine rings is 1. The van der Waals surface area contributed by atoms with Gasteiger partial charge in [0, 0.05) is 31.6 Å². The SMILES string of the molecule is CC1CN(C(=O)/C=C/c2cccnc2)CC(C)O1. The number of nitrogens with zero attached hydrogens (tertiary/aromatic N) is 2. The number of hydrogen-bond acceptors (Lipinski definition) is 3. The Morgan fingerprint density at radius 3 is 2.78 bits per heavy atom. The van der Waals surface area contributed by atoms with Crippen molar-refractivity contribution < 1.29 is 9.53 Å². The number of ether oxygens (including phenoxy) is 1. The summed E-state index contributed by atoms with van der Waals surface area (Å²) in [5.41, 5.74) is 0.931. The van der Waals surface area contributed by atoms with Crippen molar-refractivity contribution in [2.24, 2.45) is 0 Å². The van der Waals surface area contributed by atoms with Gasteiger partial charge in [-0.1, -0.05) is 6.07 Å². The van der Waals surface area contributed by atoms with E-state index in [1.165, 1.54) is 0 Å². The number of aromatic nitrogens is 1. The average molecular weight is 246 g/mol. The molecule has 0 spiro atoms. The largest absolute Gasteiger partial charge is 0.372 e. The second-order valence-electron chi connectivity index (χ2n) is 4.62. The van der Waals surface area contributed by atoms with Gasteiger partial charge in [-0.25, -0.2) is 0 Å². The van der Waals surface area contributed by atoms with Crippen LogP contribution in [0.4, 0.5) is 0 Å². The topological polar surface area (TPSA) is 42.4 Å². The molecular formula is C14H18N2O2. The average Bonchev–Trinajstić information content (AvgIpc) is 2.36. The van der Waals surface area contributed by atoms with Gasteiger partial charge < -0.3 is 9.64 Å². The Hall–Kier alpha value is -1.68. The van der Waals surface area contributed by atoms with Gasteiger partial charge in [0.25, 0.3) is 0 Å². The first-order valence-electron chi connectivity index (χ1n) is 6.17. The van der Waals surface area contributed by atoms with Crippen LogP contribution in [0.5, 0.6) is 0 Å². The van der Waals surface area contributed by atoms with Crippen LogP contribution < -0.4 is 0 Å². The molecule has 4 nitrogen and oxygen atoms in total. The van der Waals surface area contributed by atoms with Crippen LogP contribution in [0.15, 0.2) is 30.6 Å². The Morgan fingerprint density at radius 2 is 2.17 bits per heavy atom. The molecule has 0 aliphatic carbocycles. The van der Waals surface area contributed by atoms with Crippen LogP contribution in [0.1, 0.15) is 19.4 Å². The highest BCUT2D eigenvalue weighted by Gasteiger charge is 2.24. The molecule has 2 heterocycles. The Labute approximate surface area is 107 Å². The highest BCUT2D eigenvalue weighted by molar-refractivity contribution is 5.91. The van der Waals surface area contributed by atoms with E-state index in [0.29, 0.717) is 13.1 Å². The maximum absolute atomic E-state index is 12.0. The summed E-state index contributed by atoms with van der Waals surface area (Å²) in [6.07, 6.45) is 7.04. The molecule has 1 aliphatic heterocycles. The second-order valence-corrected chi connectivity index (χ2v) is 4.62. The molecule has 1 aromatic rings. The third kappa shape index (κ3) is 3.40. The van der Waals surface area contributed by atoms with Crippen molar-refractivity contribution in [1.82, 2.24) is 9.88 Å². The zero-order valence-corrected chi connectivity index (χ0v) is 10.7. The van der Waals surface area contributed by atoms with E-state index in [-0.39, 0.29) is 18.1 Å². The minimum absolute atomic E-state index is 0.0286. The Balaban J connectivity index is 1.97. The highest BCUT2D eigenvalue weighted by Crippen LogP contribution is 2.11. The normalized spacial score (nSPS) is 24.4. The van der Waals surface area contributed by atoms with Gasteiger partial charge in [-0.05, 0) is 31.6 Å². The lowest BCUT2D eigenvalue weighted by molar-refractivity contribution is -0.137. The van der Waals surface area contributed by atoms with Crippen molar-refractivity contribution in [3.8, 4) is 0 Å². The number of carbonyl (C=O) groups excluding carboxylic acids is 1. The van der Waals surface area contributed by atoms with E-state index in [1.807, 2.05) is 30.9 Å². The summed E-state index contributed by atoms with van der Waals surface area (Å²) in [5.74, 6) is 0.0286. The first-order valence-corrected chi connectivity index (χ1v) is 6.17. The maximum atomic E-state index is 12.0. The summed E-state index contributed by atoms with van der Waals surface area (Å²) in [5, 5.41) is 0. The fourth-order valence-corrected chi connectivity index (χ4v) is 2.11. The number of rotatable bonds is 2. The number of amides is 1. The third-order valence-electron chi connectivity index (χ3n) is 2.83. The van der Waals surface area contributed by atoms with Gasteiger partial charge in [0.05, 0.1) is 12.2 Å². The van der Waals surface area contributed by atoms with E-state index < -0.39 is 0 Å². The van der Waals surface area contributed by atoms with Gasteiger partial charge >= 0.3 is 0 Å². The van der Waals surface area contributed by atoms with Crippen LogP contribution in [0.2, 0.25) is 0 Å². The predicted octanol–water partition coefficient (Wildman–Crippen LogP) is 1.73. The van der Waals surface area contributed by atoms with Crippen molar-refractivity contribution >= 4 is 12.0 Å². The molecule has 4 heteroatoms. The van der Waals surface area contributed by atoms with E-state index >= 15 is 0 Å². The van der Waals surface area contributed by atoms with Crippen molar-refractivity contribution in [2.45, 2.75) is 26.1 Å². The van der Waals surface area contributed by atoms with Gasteiger partial charge in [-0.15, -0.1) is 0 Å². The first-order chi connectivity index (χ1) is 8.65. The van der Waals surface area contributed by atoms with E-state index in [4.69, 9.17) is 4.74 Å². The monoisotopic (exact) mass is 246 g/mol. The molecule has 18 heavy (non-hydrogen) atoms. The molecule has 1 saturated heterocycles. The molecule has 0 saturated carbocycles. The fourth-order valence-electron chi connectivity index (χ4n) is 2.11. The van der Waals surface area contributed by atoms with Crippen molar-refractivity contribution in [2.75, 3.05) is 13.1 Å². The van der Waals surface area contributed by atoms with Gasteiger partial charge in [0.1, 0.15) is 0 Å². The summed E-state index contributed by atoms with van der Waals surface area (Å²) < 4.78 is 5.60. The van der Waals surface area contributed by atoms with E-state index in [2.05, 4.69) is 4.98 Å². The first kappa shape index (κ1) is 12.8. The molecule has 0 aromatic carbocycles. The minimum Gasteiger partial charge on any atom is -0.372 e. The van der Waals surface area contributed by atoms with Crippen LogP contribution >= 0.6 is 0 Å². The summed E-state index contributed by atoms with van der Waals surface area (Å²) in [6.45, 7) is 5.28. The number of carbonyl (C=O) groups is 1. The van der Waals surface area contributed by atoms with E-state index in [0.717, 1.165) is 5.56 Å². The molecule has 96 valence electrons. The van der Waals surface area contributed by atoms with Gasteiger partial charge in [-0.3, -0.25) is 9.78 Å². The van der Waals surface area contributed by atoms with Crippen molar-refractivity contribution in [3.05, 3.63) is 36.2 Å². The summed E-state index contributed by atoms with van der Waals surface area (Å²) in [4.78, 5) is 17.9. The summed E-state index contributed by atoms with van der Waals surface area (Å²) in [7, 11) is 0. The second kappa shape index (κ2) is 5.78. The zero-order valence-electron chi connectivity index (χ0n) is 10.7. The number of pyridine rings is 1. The molecule has 0 N–H and O–H groups in total. The minimum atomic E-state index is 0.0286. The lowest BCUT2D eigenvalue weighted by Gasteiger charge is -2.34. The van der Waals surface area contributed by atoms with E-state index in [9.17, 15) is 4.79 Å². The molecule has 0 bridgehead atoms. The zero-order chi connectivity index (χ0) is 13.0. The predicted molar refractivity (Wildman–Crippen MR) is 69.9 cm³/mol. The van der Waals surface area contributed by atoms with Crippen LogP contribution in [0.3, 0.4) is 0 Å². The van der Waals surface area contributed by atoms with Crippen LogP contribution in [0.25, 0.3) is 6.08 Å². The number of hydrogen-bond donors (Lipinski definition) is 0. The third-order valence-corrected chi connectivity index (χ3v) is 2.83. The Kier molecular flexibility index (Phi) is 4.10. The van der Waals surface area contributed by atoms with Crippen LogP contribution in [0, 0.1) is 0 Å². The lowest BCUT2D eigenvalue weighted by atomic mass is 10.2. The quantitative estimate of drug-likeness (QED) is 0.746. The van der Waals surface area contributed by atoms with Gasteiger partial charge in [-0.2, -0.15) is 0 Å². The standard InChI is InChI=1S/C14H18N2O2/c1-11-9-16(10-12(2)18-11)14(17)6-5-13-4-3-7-15-8-13/h3-8,11-12H,9-10H2,1-2H3/b6-5+. The summed E-state index contributed by atoms with van der Waals surface area (Å²) in [6, 6.07) is 3.77. The molecular weight excluding hydrogens is 228 g/mol. The molecule has 2 atom stereocenters. The van der Waals surface area contributed by atoms with Crippen LogP contribution in [-0.4, -0.2) is 41.1 Å². The molecule has 2 rings (SSSR count). The maximum Gasteiger partial charge on any atom is 0.246 e. The smallest absolute Gasteiger partial charge is 0.246 e. The molecule has 1 fully saturated rings. The molecule has 2 unspecified atom stereocenters. The molecule has 1 aliphatic rings. The molecule has 1 amide bonds. The van der Waals surface area contributed by atoms with Crippen molar-refractivity contribution in [1.29, 1.82) is 0 Å². The molecule has 1 aromatic heterocycles. The highest BCUT2D eigenvalue weighted by atomic mass is 16.5. The van der Waals surface area contributed by atoms with Gasteiger partial charge in [0.15, 0.2) is 0 Å². The lowest BCUT2D eigenvalue weighted by Crippen LogP contribution is -2.47. The molecule has 0 radical (unpaired) electrons. The summed E-state index contributed by atoms with van der Waals surface area (Å²) >= 11 is 0. The fraction of sp³-hybridized carbons (Fsp3) is 0.429. The van der Waals surface area contributed by atoms with E-state index in [1.54, 1.807) is 24.5 Å².